The summed E-state index contributed by atoms with van der Waals surface area (Å²) < 4.78 is 5.10. The van der Waals surface area contributed by atoms with Gasteiger partial charge in [0.15, 0.2) is 0 Å². The largest absolute Gasteiger partial charge is 0.426 e. The molecule has 0 aliphatic carbocycles. The Hall–Kier alpha value is -2.49. The third-order valence-corrected chi connectivity index (χ3v) is 2.34. The molecular formula is C14H11NO3. The Balaban J connectivity index is 2.52. The first-order valence-corrected chi connectivity index (χ1v) is 5.40. The molecular weight excluding hydrogens is 230 g/mol. The van der Waals surface area contributed by atoms with Crippen LogP contribution in [0.1, 0.15) is 17.3 Å². The number of hydrogen-bond donors (Lipinski definition) is 0. The van der Waals surface area contributed by atoms with Crippen LogP contribution in [0.2, 0.25) is 0 Å². The molecule has 0 radical (unpaired) electrons. The summed E-state index contributed by atoms with van der Waals surface area (Å²) in [6.45, 7) is 1.32. The molecule has 4 heteroatoms. The molecule has 0 spiro atoms. The minimum atomic E-state index is -0.435. The molecule has 0 amide bonds. The predicted octanol–water partition coefficient (Wildman–Crippen LogP) is 2.49. The second-order valence-corrected chi connectivity index (χ2v) is 3.68. The summed E-state index contributed by atoms with van der Waals surface area (Å²) >= 11 is 0. The van der Waals surface area contributed by atoms with Crippen molar-refractivity contribution in [1.82, 2.24) is 4.98 Å². The van der Waals surface area contributed by atoms with Crippen molar-refractivity contribution in [3.05, 3.63) is 48.2 Å². The molecule has 4 nitrogen and oxygen atoms in total. The van der Waals surface area contributed by atoms with E-state index in [9.17, 15) is 9.59 Å². The van der Waals surface area contributed by atoms with Crippen LogP contribution in [0.25, 0.3) is 11.3 Å². The van der Waals surface area contributed by atoms with Gasteiger partial charge in [0.2, 0.25) is 0 Å². The highest BCUT2D eigenvalue weighted by molar-refractivity contribution is 5.81. The third kappa shape index (κ3) is 2.60. The molecule has 0 unspecified atom stereocenters. The van der Waals surface area contributed by atoms with Gasteiger partial charge < -0.3 is 4.74 Å². The Morgan fingerprint density at radius 1 is 1.28 bits per heavy atom. The zero-order valence-electron chi connectivity index (χ0n) is 9.79. The van der Waals surface area contributed by atoms with E-state index >= 15 is 0 Å². The van der Waals surface area contributed by atoms with Crippen molar-refractivity contribution >= 4 is 12.3 Å². The lowest BCUT2D eigenvalue weighted by molar-refractivity contribution is -0.131. The van der Waals surface area contributed by atoms with Gasteiger partial charge in [-0.15, -0.1) is 0 Å². The van der Waals surface area contributed by atoms with E-state index in [-0.39, 0.29) is 0 Å². The first-order valence-electron chi connectivity index (χ1n) is 5.40. The fourth-order valence-corrected chi connectivity index (χ4v) is 1.59. The highest BCUT2D eigenvalue weighted by Crippen LogP contribution is 2.29. The topological polar surface area (TPSA) is 56.3 Å². The van der Waals surface area contributed by atoms with E-state index in [0.717, 1.165) is 0 Å². The second-order valence-electron chi connectivity index (χ2n) is 3.68. The zero-order chi connectivity index (χ0) is 13.0. The lowest BCUT2D eigenvalue weighted by Gasteiger charge is -2.08. The van der Waals surface area contributed by atoms with Crippen molar-refractivity contribution in [3.63, 3.8) is 0 Å². The molecule has 0 saturated carbocycles. The smallest absolute Gasteiger partial charge is 0.308 e. The molecule has 0 aliphatic rings. The average molecular weight is 241 g/mol. The SMILES string of the molecule is CC(=O)Oc1cc(C=O)ccc1-c1ccccn1. The second kappa shape index (κ2) is 5.23. The molecule has 0 atom stereocenters. The van der Waals surface area contributed by atoms with E-state index in [1.54, 1.807) is 24.4 Å². The lowest BCUT2D eigenvalue weighted by atomic mass is 10.1. The van der Waals surface area contributed by atoms with Crippen molar-refractivity contribution in [2.24, 2.45) is 0 Å². The summed E-state index contributed by atoms with van der Waals surface area (Å²) in [6.07, 6.45) is 2.36. The molecule has 1 aromatic carbocycles. The van der Waals surface area contributed by atoms with Crippen molar-refractivity contribution in [2.45, 2.75) is 6.92 Å². The summed E-state index contributed by atoms with van der Waals surface area (Å²) in [5.74, 6) is -0.0963. The van der Waals surface area contributed by atoms with Crippen molar-refractivity contribution < 1.29 is 14.3 Å². The molecule has 2 aromatic rings. The van der Waals surface area contributed by atoms with Gasteiger partial charge in [0.1, 0.15) is 12.0 Å². The summed E-state index contributed by atoms with van der Waals surface area (Å²) in [6, 6.07) is 10.3. The van der Waals surface area contributed by atoms with Gasteiger partial charge in [-0.05, 0) is 24.3 Å². The van der Waals surface area contributed by atoms with Crippen LogP contribution in [0.5, 0.6) is 5.75 Å². The van der Waals surface area contributed by atoms with Crippen LogP contribution in [0.15, 0.2) is 42.6 Å². The molecule has 90 valence electrons. The van der Waals surface area contributed by atoms with Gasteiger partial charge in [-0.2, -0.15) is 0 Å². The van der Waals surface area contributed by atoms with Gasteiger partial charge in [-0.1, -0.05) is 12.1 Å². The Kier molecular flexibility index (Phi) is 3.48. The van der Waals surface area contributed by atoms with E-state index in [4.69, 9.17) is 4.74 Å². The van der Waals surface area contributed by atoms with Crippen LogP contribution in [0.3, 0.4) is 0 Å². The van der Waals surface area contributed by atoms with Gasteiger partial charge in [-0.3, -0.25) is 14.6 Å². The summed E-state index contributed by atoms with van der Waals surface area (Å²) in [4.78, 5) is 26.0. The first kappa shape index (κ1) is 12.0. The maximum atomic E-state index is 11.1. The Morgan fingerprint density at radius 2 is 2.11 bits per heavy atom. The van der Waals surface area contributed by atoms with Crippen LogP contribution in [0.4, 0.5) is 0 Å². The van der Waals surface area contributed by atoms with Crippen LogP contribution in [-0.2, 0) is 4.79 Å². The van der Waals surface area contributed by atoms with E-state index in [0.29, 0.717) is 28.9 Å². The highest BCUT2D eigenvalue weighted by atomic mass is 16.5. The first-order chi connectivity index (χ1) is 8.70. The van der Waals surface area contributed by atoms with Gasteiger partial charge in [0.05, 0.1) is 5.69 Å². The fraction of sp³-hybridized carbons (Fsp3) is 0.0714. The lowest BCUT2D eigenvalue weighted by Crippen LogP contribution is -2.03. The molecule has 0 aliphatic heterocycles. The summed E-state index contributed by atoms with van der Waals surface area (Å²) in [7, 11) is 0. The Morgan fingerprint density at radius 3 is 2.72 bits per heavy atom. The summed E-state index contributed by atoms with van der Waals surface area (Å²) in [5, 5.41) is 0. The van der Waals surface area contributed by atoms with Gasteiger partial charge in [0, 0.05) is 24.2 Å². The quantitative estimate of drug-likeness (QED) is 0.470. The summed E-state index contributed by atoms with van der Waals surface area (Å²) in [5.41, 5.74) is 1.81. The van der Waals surface area contributed by atoms with Crippen LogP contribution in [-0.4, -0.2) is 17.2 Å². The number of carbonyl (C=O) groups excluding carboxylic acids is 2. The number of hydrogen-bond acceptors (Lipinski definition) is 4. The third-order valence-electron chi connectivity index (χ3n) is 2.34. The van der Waals surface area contributed by atoms with Crippen molar-refractivity contribution in [3.8, 4) is 17.0 Å². The molecule has 2 rings (SSSR count). The van der Waals surface area contributed by atoms with E-state index < -0.39 is 5.97 Å². The molecule has 0 N–H and O–H groups in total. The molecule has 1 heterocycles. The number of esters is 1. The number of pyridine rings is 1. The van der Waals surface area contributed by atoms with Crippen LogP contribution < -0.4 is 4.74 Å². The minimum absolute atomic E-state index is 0.339. The zero-order valence-corrected chi connectivity index (χ0v) is 9.79. The van der Waals surface area contributed by atoms with Crippen molar-refractivity contribution in [2.75, 3.05) is 0 Å². The van der Waals surface area contributed by atoms with E-state index in [1.165, 1.54) is 13.0 Å². The van der Waals surface area contributed by atoms with Gasteiger partial charge >= 0.3 is 5.97 Å². The Labute approximate surface area is 104 Å². The predicted molar refractivity (Wildman–Crippen MR) is 66.4 cm³/mol. The number of nitrogens with zero attached hydrogens (tertiary/aromatic N) is 1. The normalized spacial score (nSPS) is 9.83. The number of ether oxygens (including phenoxy) is 1. The number of aldehydes is 1. The molecule has 0 bridgehead atoms. The number of carbonyl (C=O) groups is 2. The molecule has 0 saturated heterocycles. The maximum Gasteiger partial charge on any atom is 0.308 e. The maximum absolute atomic E-state index is 11.1. The Bertz CT molecular complexity index is 579. The van der Waals surface area contributed by atoms with Crippen LogP contribution >= 0.6 is 0 Å². The average Bonchev–Trinajstić information content (AvgIpc) is 2.39. The monoisotopic (exact) mass is 241 g/mol. The van der Waals surface area contributed by atoms with Crippen molar-refractivity contribution in [1.29, 1.82) is 0 Å². The van der Waals surface area contributed by atoms with E-state index in [2.05, 4.69) is 4.98 Å². The fourth-order valence-electron chi connectivity index (χ4n) is 1.59. The standard InChI is InChI=1S/C14H11NO3/c1-10(17)18-14-8-11(9-16)5-6-12(14)13-4-2-3-7-15-13/h2-9H,1H3. The number of aromatic nitrogens is 1. The molecule has 1 aromatic heterocycles. The van der Waals surface area contributed by atoms with Crippen LogP contribution in [0, 0.1) is 0 Å². The van der Waals surface area contributed by atoms with Gasteiger partial charge in [-0.25, -0.2) is 0 Å². The minimum Gasteiger partial charge on any atom is -0.426 e. The van der Waals surface area contributed by atoms with E-state index in [1.807, 2.05) is 12.1 Å². The number of rotatable bonds is 3. The highest BCUT2D eigenvalue weighted by Gasteiger charge is 2.10. The number of benzene rings is 1. The molecule has 0 fully saturated rings. The molecule has 18 heavy (non-hydrogen) atoms. The van der Waals surface area contributed by atoms with Gasteiger partial charge in [0.25, 0.3) is 0 Å².